The molecule has 2 aromatic rings. The maximum atomic E-state index is 5.57. The molecule has 0 aliphatic rings. The number of hydrogen-bond donors (Lipinski definition) is 2. The fraction of sp³-hybridized carbons (Fsp3) is 0.357. The maximum absolute atomic E-state index is 5.57. The quantitative estimate of drug-likeness (QED) is 0.847. The van der Waals surface area contributed by atoms with Gasteiger partial charge in [-0.1, -0.05) is 18.2 Å². The summed E-state index contributed by atoms with van der Waals surface area (Å²) in [6, 6.07) is 10.7. The molecule has 0 aliphatic carbocycles. The zero-order chi connectivity index (χ0) is 12.3. The molecule has 3 heteroatoms. The highest BCUT2D eigenvalue weighted by atomic mass is 14.9. The molecule has 3 nitrogen and oxygen atoms in total. The molecule has 1 aromatic carbocycles. The summed E-state index contributed by atoms with van der Waals surface area (Å²) in [7, 11) is 0. The topological polar surface area (TPSA) is 50.9 Å². The van der Waals surface area contributed by atoms with Gasteiger partial charge in [-0.25, -0.2) is 0 Å². The van der Waals surface area contributed by atoms with Crippen LogP contribution < -0.4 is 11.1 Å². The Morgan fingerprint density at radius 3 is 2.88 bits per heavy atom. The van der Waals surface area contributed by atoms with Crippen LogP contribution >= 0.6 is 0 Å². The first-order valence-corrected chi connectivity index (χ1v) is 6.03. The molecule has 1 atom stereocenters. The Bertz CT molecular complexity index is 508. The van der Waals surface area contributed by atoms with Gasteiger partial charge in [-0.15, -0.1) is 0 Å². The minimum atomic E-state index is 0.380. The average molecular weight is 229 g/mol. The first-order chi connectivity index (χ1) is 8.20. The second-order valence-electron chi connectivity index (χ2n) is 4.45. The van der Waals surface area contributed by atoms with E-state index < -0.39 is 0 Å². The lowest BCUT2D eigenvalue weighted by Gasteiger charge is -2.16. The van der Waals surface area contributed by atoms with E-state index in [4.69, 9.17) is 5.73 Å². The number of para-hydroxylation sites is 1. The normalized spacial score (nSPS) is 12.6. The third-order valence-electron chi connectivity index (χ3n) is 2.85. The summed E-state index contributed by atoms with van der Waals surface area (Å²) in [4.78, 5) is 4.52. The van der Waals surface area contributed by atoms with Crippen molar-refractivity contribution in [1.29, 1.82) is 0 Å². The molecule has 0 radical (unpaired) electrons. The van der Waals surface area contributed by atoms with E-state index in [1.165, 1.54) is 5.39 Å². The van der Waals surface area contributed by atoms with Gasteiger partial charge in [0.1, 0.15) is 0 Å². The molecule has 2 rings (SSSR count). The highest BCUT2D eigenvalue weighted by Crippen LogP contribution is 2.23. The molecule has 17 heavy (non-hydrogen) atoms. The molecule has 90 valence electrons. The summed E-state index contributed by atoms with van der Waals surface area (Å²) < 4.78 is 0. The Morgan fingerprint density at radius 2 is 2.12 bits per heavy atom. The van der Waals surface area contributed by atoms with Gasteiger partial charge in [0.05, 0.1) is 5.52 Å². The second-order valence-corrected chi connectivity index (χ2v) is 4.45. The third-order valence-corrected chi connectivity index (χ3v) is 2.85. The van der Waals surface area contributed by atoms with Gasteiger partial charge in [0.25, 0.3) is 0 Å². The van der Waals surface area contributed by atoms with Crippen molar-refractivity contribution >= 4 is 16.6 Å². The van der Waals surface area contributed by atoms with Gasteiger partial charge in [0, 0.05) is 22.8 Å². The second kappa shape index (κ2) is 5.15. The van der Waals surface area contributed by atoms with Crippen LogP contribution in [0.2, 0.25) is 0 Å². The summed E-state index contributed by atoms with van der Waals surface area (Å²) in [5.74, 6) is 0. The molecule has 0 saturated carbocycles. The van der Waals surface area contributed by atoms with Crippen LogP contribution in [0.3, 0.4) is 0 Å². The largest absolute Gasteiger partial charge is 0.382 e. The molecular weight excluding hydrogens is 210 g/mol. The molecule has 0 saturated heterocycles. The predicted molar refractivity (Wildman–Crippen MR) is 73.2 cm³/mol. The van der Waals surface area contributed by atoms with Gasteiger partial charge in [-0.3, -0.25) is 4.98 Å². The number of anilines is 1. The van der Waals surface area contributed by atoms with Crippen LogP contribution in [0.5, 0.6) is 0 Å². The number of aromatic nitrogens is 1. The number of hydrogen-bond acceptors (Lipinski definition) is 3. The van der Waals surface area contributed by atoms with E-state index in [0.717, 1.165) is 23.3 Å². The summed E-state index contributed by atoms with van der Waals surface area (Å²) >= 11 is 0. The summed E-state index contributed by atoms with van der Waals surface area (Å²) in [5, 5.41) is 4.68. The van der Waals surface area contributed by atoms with Gasteiger partial charge in [-0.2, -0.15) is 0 Å². The first-order valence-electron chi connectivity index (χ1n) is 6.03. The van der Waals surface area contributed by atoms with Crippen molar-refractivity contribution in [3.05, 3.63) is 36.0 Å². The Kier molecular flexibility index (Phi) is 3.59. The minimum Gasteiger partial charge on any atom is -0.382 e. The number of nitrogens with one attached hydrogen (secondary N) is 1. The molecule has 1 aromatic heterocycles. The van der Waals surface area contributed by atoms with Gasteiger partial charge in [0.2, 0.25) is 0 Å². The predicted octanol–water partition coefficient (Wildman–Crippen LogP) is 2.69. The van der Waals surface area contributed by atoms with Crippen molar-refractivity contribution in [3.8, 4) is 0 Å². The van der Waals surface area contributed by atoms with E-state index in [1.54, 1.807) is 0 Å². The lowest BCUT2D eigenvalue weighted by Crippen LogP contribution is -2.19. The van der Waals surface area contributed by atoms with Crippen molar-refractivity contribution in [1.82, 2.24) is 4.98 Å². The van der Waals surface area contributed by atoms with E-state index in [-0.39, 0.29) is 0 Å². The summed E-state index contributed by atoms with van der Waals surface area (Å²) in [5.41, 5.74) is 8.79. The fourth-order valence-electron chi connectivity index (χ4n) is 2.01. The minimum absolute atomic E-state index is 0.380. The number of pyridine rings is 1. The molecule has 1 heterocycles. The smallest absolute Gasteiger partial charge is 0.0725 e. The number of aryl methyl sites for hydroxylation is 1. The van der Waals surface area contributed by atoms with Crippen molar-refractivity contribution in [3.63, 3.8) is 0 Å². The number of benzene rings is 1. The molecule has 0 bridgehead atoms. The molecular formula is C14H19N3. The standard InChI is InChI=1S/C14H19N3/c1-10(7-8-15)16-14-9-11(2)17-13-6-4-3-5-12(13)14/h3-6,9-10H,7-8,15H2,1-2H3,(H,16,17). The van der Waals surface area contributed by atoms with Crippen LogP contribution in [0.1, 0.15) is 19.0 Å². The zero-order valence-corrected chi connectivity index (χ0v) is 10.4. The molecule has 0 aliphatic heterocycles. The highest BCUT2D eigenvalue weighted by Gasteiger charge is 2.06. The fourth-order valence-corrected chi connectivity index (χ4v) is 2.01. The van der Waals surface area contributed by atoms with Gasteiger partial charge in [0.15, 0.2) is 0 Å². The average Bonchev–Trinajstić information content (AvgIpc) is 2.29. The van der Waals surface area contributed by atoms with E-state index in [0.29, 0.717) is 12.6 Å². The van der Waals surface area contributed by atoms with E-state index in [2.05, 4.69) is 29.4 Å². The van der Waals surface area contributed by atoms with E-state index >= 15 is 0 Å². The highest BCUT2D eigenvalue weighted by molar-refractivity contribution is 5.91. The van der Waals surface area contributed by atoms with E-state index in [9.17, 15) is 0 Å². The summed E-state index contributed by atoms with van der Waals surface area (Å²) in [6.45, 7) is 4.87. The molecule has 0 fully saturated rings. The van der Waals surface area contributed by atoms with Crippen molar-refractivity contribution < 1.29 is 0 Å². The van der Waals surface area contributed by atoms with Crippen LogP contribution in [-0.4, -0.2) is 17.6 Å². The van der Waals surface area contributed by atoms with E-state index in [1.807, 2.05) is 25.1 Å². The molecule has 1 unspecified atom stereocenters. The van der Waals surface area contributed by atoms with Crippen LogP contribution in [0, 0.1) is 6.92 Å². The van der Waals surface area contributed by atoms with Crippen LogP contribution in [0.4, 0.5) is 5.69 Å². The lowest BCUT2D eigenvalue weighted by molar-refractivity contribution is 0.717. The lowest BCUT2D eigenvalue weighted by atomic mass is 10.1. The van der Waals surface area contributed by atoms with Crippen molar-refractivity contribution in [2.24, 2.45) is 5.73 Å². The Balaban J connectivity index is 2.38. The molecule has 0 spiro atoms. The Morgan fingerprint density at radius 1 is 1.35 bits per heavy atom. The molecule has 3 N–H and O–H groups in total. The van der Waals surface area contributed by atoms with Crippen LogP contribution in [0.15, 0.2) is 30.3 Å². The number of fused-ring (bicyclic) bond motifs is 1. The summed E-state index contributed by atoms with van der Waals surface area (Å²) in [6.07, 6.45) is 0.968. The third kappa shape index (κ3) is 2.74. The van der Waals surface area contributed by atoms with Crippen LogP contribution in [0.25, 0.3) is 10.9 Å². The van der Waals surface area contributed by atoms with Gasteiger partial charge >= 0.3 is 0 Å². The first kappa shape index (κ1) is 11.9. The van der Waals surface area contributed by atoms with Crippen molar-refractivity contribution in [2.75, 3.05) is 11.9 Å². The molecule has 0 amide bonds. The number of rotatable bonds is 4. The SMILES string of the molecule is Cc1cc(NC(C)CCN)c2ccccc2n1. The zero-order valence-electron chi connectivity index (χ0n) is 10.4. The Hall–Kier alpha value is -1.61. The van der Waals surface area contributed by atoms with Crippen LogP contribution in [-0.2, 0) is 0 Å². The number of nitrogens with zero attached hydrogens (tertiary/aromatic N) is 1. The van der Waals surface area contributed by atoms with Gasteiger partial charge < -0.3 is 11.1 Å². The van der Waals surface area contributed by atoms with Crippen molar-refractivity contribution in [2.45, 2.75) is 26.3 Å². The number of nitrogens with two attached hydrogens (primary N) is 1. The monoisotopic (exact) mass is 229 g/mol. The van der Waals surface area contributed by atoms with Gasteiger partial charge in [-0.05, 0) is 38.9 Å². The Labute approximate surface area is 102 Å². The maximum Gasteiger partial charge on any atom is 0.0725 e.